The monoisotopic (exact) mass is 439 g/mol. The summed E-state index contributed by atoms with van der Waals surface area (Å²) in [6, 6.07) is 11.0. The van der Waals surface area contributed by atoms with Crippen LogP contribution >= 0.6 is 11.6 Å². The van der Waals surface area contributed by atoms with Crippen molar-refractivity contribution in [2.24, 2.45) is 5.14 Å². The number of imidazole rings is 1. The van der Waals surface area contributed by atoms with Gasteiger partial charge in [0.1, 0.15) is 18.5 Å². The largest absolute Gasteiger partial charge is 0.491 e. The Morgan fingerprint density at radius 2 is 1.83 bits per heavy atom. The third-order valence-corrected chi connectivity index (χ3v) is 5.58. The molecule has 10 heteroatoms. The van der Waals surface area contributed by atoms with E-state index in [0.29, 0.717) is 28.4 Å². The number of nitrogens with zero attached hydrogens (tertiary/aromatic N) is 2. The second-order valence-corrected chi connectivity index (χ2v) is 8.66. The number of ether oxygens (including phenoxy) is 1. The van der Waals surface area contributed by atoms with Crippen molar-refractivity contribution in [2.75, 3.05) is 6.61 Å². The van der Waals surface area contributed by atoms with Gasteiger partial charge in [-0.15, -0.1) is 0 Å². The topological polar surface area (TPSA) is 117 Å². The molecule has 2 aromatic carbocycles. The van der Waals surface area contributed by atoms with Crippen molar-refractivity contribution in [3.63, 3.8) is 0 Å². The van der Waals surface area contributed by atoms with Gasteiger partial charge in [-0.3, -0.25) is 9.13 Å². The van der Waals surface area contributed by atoms with E-state index < -0.39 is 16.1 Å². The molecule has 1 aromatic heterocycles. The van der Waals surface area contributed by atoms with Crippen molar-refractivity contribution in [1.82, 2.24) is 9.13 Å². The zero-order valence-electron chi connectivity index (χ0n) is 15.8. The van der Waals surface area contributed by atoms with Gasteiger partial charge in [-0.1, -0.05) is 18.5 Å². The van der Waals surface area contributed by atoms with Gasteiger partial charge in [-0.2, -0.15) is 0 Å². The molecule has 0 aliphatic heterocycles. The van der Waals surface area contributed by atoms with E-state index in [1.165, 1.54) is 16.7 Å². The Kier molecular flexibility index (Phi) is 6.33. The first-order valence-electron chi connectivity index (χ1n) is 9.03. The van der Waals surface area contributed by atoms with Crippen LogP contribution in [0.1, 0.15) is 13.3 Å². The molecule has 0 spiro atoms. The SMILES string of the molecule is CCCn1c(=O)n(C[C@@H](O)COc2ccc(Cl)cc2)c2cc(S(N)(=O)=O)ccc21. The summed E-state index contributed by atoms with van der Waals surface area (Å²) in [5, 5.41) is 16.2. The fraction of sp³-hybridized carbons (Fsp3) is 0.316. The molecular formula is C19H22ClN3O5S. The summed E-state index contributed by atoms with van der Waals surface area (Å²) >= 11 is 5.83. The zero-order valence-corrected chi connectivity index (χ0v) is 17.4. The van der Waals surface area contributed by atoms with Crippen molar-refractivity contribution < 1.29 is 18.3 Å². The Bertz CT molecular complexity index is 1170. The van der Waals surface area contributed by atoms with Gasteiger partial charge in [0.2, 0.25) is 10.0 Å². The average Bonchev–Trinajstić information content (AvgIpc) is 2.92. The molecule has 3 rings (SSSR count). The van der Waals surface area contributed by atoms with Gasteiger partial charge in [0.15, 0.2) is 0 Å². The van der Waals surface area contributed by atoms with Gasteiger partial charge in [-0.05, 0) is 48.9 Å². The third-order valence-electron chi connectivity index (χ3n) is 4.42. The highest BCUT2D eigenvalue weighted by Crippen LogP contribution is 2.20. The number of hydrogen-bond acceptors (Lipinski definition) is 5. The number of hydrogen-bond donors (Lipinski definition) is 2. The van der Waals surface area contributed by atoms with Crippen LogP contribution in [0.2, 0.25) is 5.02 Å². The van der Waals surface area contributed by atoms with E-state index >= 15 is 0 Å². The number of sulfonamides is 1. The molecule has 1 heterocycles. The summed E-state index contributed by atoms with van der Waals surface area (Å²) in [5.74, 6) is 0.533. The molecule has 29 heavy (non-hydrogen) atoms. The number of aliphatic hydroxyl groups is 1. The van der Waals surface area contributed by atoms with Crippen LogP contribution < -0.4 is 15.6 Å². The predicted molar refractivity (Wildman–Crippen MR) is 111 cm³/mol. The normalized spacial score (nSPS) is 13.0. The number of halogens is 1. The Balaban J connectivity index is 1.91. The minimum atomic E-state index is -3.93. The van der Waals surface area contributed by atoms with E-state index in [-0.39, 0.29) is 23.7 Å². The number of nitrogens with two attached hydrogens (primary N) is 1. The molecule has 0 fully saturated rings. The van der Waals surface area contributed by atoms with Gasteiger partial charge in [0.05, 0.1) is 22.5 Å². The standard InChI is InChI=1S/C19H22ClN3O5S/c1-2-9-22-17-8-7-16(29(21,26)27)10-18(17)23(19(22)25)11-14(24)12-28-15-5-3-13(20)4-6-15/h3-8,10,14,24H,2,9,11-12H2,1H3,(H2,21,26,27)/t14-/m1/s1. The van der Waals surface area contributed by atoms with Crippen LogP contribution in [0.5, 0.6) is 5.75 Å². The summed E-state index contributed by atoms with van der Waals surface area (Å²) in [7, 11) is -3.93. The number of rotatable bonds is 8. The highest BCUT2D eigenvalue weighted by Gasteiger charge is 2.19. The van der Waals surface area contributed by atoms with Crippen LogP contribution in [0, 0.1) is 0 Å². The highest BCUT2D eigenvalue weighted by molar-refractivity contribution is 7.89. The maximum absolute atomic E-state index is 12.9. The zero-order chi connectivity index (χ0) is 21.2. The first kappa shape index (κ1) is 21.4. The number of primary sulfonamides is 1. The molecule has 0 aliphatic carbocycles. The Labute approximate surface area is 173 Å². The molecule has 8 nitrogen and oxygen atoms in total. The smallest absolute Gasteiger partial charge is 0.329 e. The average molecular weight is 440 g/mol. The van der Waals surface area contributed by atoms with Gasteiger partial charge in [0, 0.05) is 11.6 Å². The van der Waals surface area contributed by atoms with E-state index in [0.717, 1.165) is 6.42 Å². The van der Waals surface area contributed by atoms with Crippen molar-refractivity contribution in [3.8, 4) is 5.75 Å². The molecule has 0 unspecified atom stereocenters. The lowest BCUT2D eigenvalue weighted by atomic mass is 10.3. The molecule has 3 aromatic rings. The highest BCUT2D eigenvalue weighted by atomic mass is 35.5. The van der Waals surface area contributed by atoms with Crippen molar-refractivity contribution >= 4 is 32.7 Å². The molecule has 0 radical (unpaired) electrons. The van der Waals surface area contributed by atoms with Crippen LogP contribution in [-0.2, 0) is 23.1 Å². The molecule has 3 N–H and O–H groups in total. The number of aryl methyl sites for hydroxylation is 1. The number of aliphatic hydroxyl groups excluding tert-OH is 1. The van der Waals surface area contributed by atoms with Crippen molar-refractivity contribution in [3.05, 3.63) is 58.0 Å². The second-order valence-electron chi connectivity index (χ2n) is 6.66. The van der Waals surface area contributed by atoms with Gasteiger partial charge < -0.3 is 9.84 Å². The molecule has 0 aliphatic rings. The lowest BCUT2D eigenvalue weighted by Crippen LogP contribution is -2.31. The Morgan fingerprint density at radius 1 is 1.14 bits per heavy atom. The maximum atomic E-state index is 12.9. The number of benzene rings is 2. The number of fused-ring (bicyclic) bond motifs is 1. The van der Waals surface area contributed by atoms with Gasteiger partial charge in [0.25, 0.3) is 0 Å². The minimum absolute atomic E-state index is 0.0522. The van der Waals surface area contributed by atoms with Crippen LogP contribution in [0.4, 0.5) is 0 Å². The lowest BCUT2D eigenvalue weighted by Gasteiger charge is -2.13. The Morgan fingerprint density at radius 3 is 2.45 bits per heavy atom. The number of aromatic nitrogens is 2. The van der Waals surface area contributed by atoms with Gasteiger partial charge >= 0.3 is 5.69 Å². The van der Waals surface area contributed by atoms with E-state index in [1.807, 2.05) is 6.92 Å². The predicted octanol–water partition coefficient (Wildman–Crippen LogP) is 1.95. The third kappa shape index (κ3) is 4.81. The van der Waals surface area contributed by atoms with E-state index in [9.17, 15) is 18.3 Å². The summed E-state index contributed by atoms with van der Waals surface area (Å²) in [4.78, 5) is 12.8. The minimum Gasteiger partial charge on any atom is -0.491 e. The summed E-state index contributed by atoms with van der Waals surface area (Å²) in [6.07, 6.45) is -0.278. The second kappa shape index (κ2) is 8.58. The molecule has 0 amide bonds. The first-order chi connectivity index (χ1) is 13.7. The van der Waals surface area contributed by atoms with Crippen LogP contribution in [0.3, 0.4) is 0 Å². The fourth-order valence-corrected chi connectivity index (χ4v) is 3.74. The van der Waals surface area contributed by atoms with Crippen molar-refractivity contribution in [2.45, 2.75) is 37.4 Å². The van der Waals surface area contributed by atoms with Crippen LogP contribution in [-0.4, -0.2) is 35.4 Å². The summed E-state index contributed by atoms with van der Waals surface area (Å²) in [5.41, 5.74) is 0.634. The summed E-state index contributed by atoms with van der Waals surface area (Å²) in [6.45, 7) is 2.29. The summed E-state index contributed by atoms with van der Waals surface area (Å²) < 4.78 is 31.9. The molecule has 1 atom stereocenters. The quantitative estimate of drug-likeness (QED) is 0.556. The first-order valence-corrected chi connectivity index (χ1v) is 11.0. The maximum Gasteiger partial charge on any atom is 0.329 e. The molecule has 156 valence electrons. The molecule has 0 saturated carbocycles. The van der Waals surface area contributed by atoms with E-state index in [2.05, 4.69) is 0 Å². The van der Waals surface area contributed by atoms with E-state index in [4.69, 9.17) is 21.5 Å². The Hall–Kier alpha value is -2.33. The van der Waals surface area contributed by atoms with Crippen LogP contribution in [0.15, 0.2) is 52.2 Å². The molecule has 0 bridgehead atoms. The molecular weight excluding hydrogens is 418 g/mol. The lowest BCUT2D eigenvalue weighted by molar-refractivity contribution is 0.0924. The van der Waals surface area contributed by atoms with Gasteiger partial charge in [-0.25, -0.2) is 18.4 Å². The fourth-order valence-electron chi connectivity index (χ4n) is 3.08. The van der Waals surface area contributed by atoms with Crippen LogP contribution in [0.25, 0.3) is 11.0 Å². The molecule has 0 saturated heterocycles. The van der Waals surface area contributed by atoms with Crippen molar-refractivity contribution in [1.29, 1.82) is 0 Å². The van der Waals surface area contributed by atoms with E-state index in [1.54, 1.807) is 34.9 Å².